The van der Waals surface area contributed by atoms with Crippen LogP contribution in [-0.4, -0.2) is 58.9 Å². The quantitative estimate of drug-likeness (QED) is 0.814. The normalized spacial score (nSPS) is 30.2. The van der Waals surface area contributed by atoms with Gasteiger partial charge in [-0.05, 0) is 55.4 Å². The first kappa shape index (κ1) is 19.0. The molecule has 26 heavy (non-hydrogen) atoms. The maximum Gasteiger partial charge on any atom is 0.253 e. The van der Waals surface area contributed by atoms with Gasteiger partial charge in [-0.15, -0.1) is 12.4 Å². The molecule has 2 aliphatic carbocycles. The number of rotatable bonds is 2. The molecular formula is C19H26ClN3O3. The first-order valence-electron chi connectivity index (χ1n) is 9.17. The Morgan fingerprint density at radius 2 is 1.54 bits per heavy atom. The van der Waals surface area contributed by atoms with Crippen LogP contribution in [0, 0.1) is 17.8 Å². The van der Waals surface area contributed by atoms with Crippen molar-refractivity contribution >= 4 is 24.2 Å². The summed E-state index contributed by atoms with van der Waals surface area (Å²) in [5.74, 6) is 1.26. The van der Waals surface area contributed by atoms with Crippen molar-refractivity contribution in [2.75, 3.05) is 26.2 Å². The molecule has 6 nitrogen and oxygen atoms in total. The molecule has 0 spiro atoms. The molecule has 3 N–H and O–H groups in total. The molecule has 2 saturated carbocycles. The molecule has 4 rings (SSSR count). The topological polar surface area (TPSA) is 86.9 Å². The molecule has 0 aromatic heterocycles. The number of hydrogen-bond acceptors (Lipinski definition) is 4. The van der Waals surface area contributed by atoms with Gasteiger partial charge in [-0.1, -0.05) is 0 Å². The second kappa shape index (κ2) is 7.45. The first-order chi connectivity index (χ1) is 12.0. The Labute approximate surface area is 159 Å². The van der Waals surface area contributed by atoms with Crippen LogP contribution in [-0.2, 0) is 4.79 Å². The smallest absolute Gasteiger partial charge is 0.253 e. The molecular weight excluding hydrogens is 354 g/mol. The summed E-state index contributed by atoms with van der Waals surface area (Å²) in [7, 11) is 0. The zero-order chi connectivity index (χ0) is 17.6. The maximum absolute atomic E-state index is 12.9. The van der Waals surface area contributed by atoms with E-state index in [0.29, 0.717) is 43.6 Å². The monoisotopic (exact) mass is 379 g/mol. The first-order valence-corrected chi connectivity index (χ1v) is 9.17. The third-order valence-corrected chi connectivity index (χ3v) is 6.26. The van der Waals surface area contributed by atoms with Crippen molar-refractivity contribution in [3.8, 4) is 5.75 Å². The number of piperazine rings is 1. The molecule has 2 bridgehead atoms. The molecule has 4 unspecified atom stereocenters. The minimum atomic E-state index is -0.0521. The summed E-state index contributed by atoms with van der Waals surface area (Å²) in [4.78, 5) is 29.1. The predicted molar refractivity (Wildman–Crippen MR) is 100 cm³/mol. The van der Waals surface area contributed by atoms with Gasteiger partial charge in [0.25, 0.3) is 5.91 Å². The van der Waals surface area contributed by atoms with Gasteiger partial charge in [0, 0.05) is 37.8 Å². The highest BCUT2D eigenvalue weighted by Crippen LogP contribution is 2.48. The second-order valence-corrected chi connectivity index (χ2v) is 7.60. The van der Waals surface area contributed by atoms with Crippen molar-refractivity contribution in [1.29, 1.82) is 0 Å². The third-order valence-electron chi connectivity index (χ3n) is 6.26. The van der Waals surface area contributed by atoms with Crippen molar-refractivity contribution in [2.24, 2.45) is 23.5 Å². The zero-order valence-corrected chi connectivity index (χ0v) is 15.5. The molecule has 4 atom stereocenters. The van der Waals surface area contributed by atoms with Gasteiger partial charge in [0.15, 0.2) is 0 Å². The Balaban J connectivity index is 0.00000196. The van der Waals surface area contributed by atoms with E-state index in [4.69, 9.17) is 5.73 Å². The fraction of sp³-hybridized carbons (Fsp3) is 0.579. The summed E-state index contributed by atoms with van der Waals surface area (Å²) < 4.78 is 0. The van der Waals surface area contributed by atoms with Crippen LogP contribution in [0.2, 0.25) is 0 Å². The Bertz CT molecular complexity index is 671. The lowest BCUT2D eigenvalue weighted by atomic mass is 9.84. The lowest BCUT2D eigenvalue weighted by Gasteiger charge is -2.38. The molecule has 7 heteroatoms. The fourth-order valence-electron chi connectivity index (χ4n) is 4.83. The van der Waals surface area contributed by atoms with Gasteiger partial charge in [0.2, 0.25) is 5.91 Å². The SMILES string of the molecule is Cl.NC1C2CCC(C2)C1C(=O)N1CCN(C(=O)c2ccc(O)cc2)CC1. The number of benzene rings is 1. The maximum atomic E-state index is 12.9. The number of carbonyl (C=O) groups excluding carboxylic acids is 2. The number of hydrogen-bond donors (Lipinski definition) is 2. The van der Waals surface area contributed by atoms with E-state index in [1.165, 1.54) is 18.6 Å². The molecule has 1 aliphatic heterocycles. The summed E-state index contributed by atoms with van der Waals surface area (Å²) in [6.45, 7) is 2.23. The number of amides is 2. The number of aromatic hydroxyl groups is 1. The largest absolute Gasteiger partial charge is 0.508 e. The Hall–Kier alpha value is -1.79. The number of phenols is 1. The molecule has 3 aliphatic rings. The van der Waals surface area contributed by atoms with E-state index in [1.54, 1.807) is 17.0 Å². The Kier molecular flexibility index (Phi) is 5.44. The van der Waals surface area contributed by atoms with Crippen LogP contribution in [0.4, 0.5) is 0 Å². The van der Waals surface area contributed by atoms with Crippen LogP contribution < -0.4 is 5.73 Å². The summed E-state index contributed by atoms with van der Waals surface area (Å²) >= 11 is 0. The number of nitrogens with two attached hydrogens (primary N) is 1. The van der Waals surface area contributed by atoms with E-state index >= 15 is 0 Å². The standard InChI is InChI=1S/C19H25N3O3.ClH/c20-17-14-2-1-13(11-14)16(17)19(25)22-9-7-21(8-10-22)18(24)12-3-5-15(23)6-4-12;/h3-6,13-14,16-17,23H,1-2,7-11,20H2;1H. The van der Waals surface area contributed by atoms with E-state index in [-0.39, 0.29) is 41.9 Å². The lowest BCUT2D eigenvalue weighted by molar-refractivity contribution is -0.139. The van der Waals surface area contributed by atoms with Gasteiger partial charge >= 0.3 is 0 Å². The van der Waals surface area contributed by atoms with Crippen LogP contribution in [0.15, 0.2) is 24.3 Å². The van der Waals surface area contributed by atoms with E-state index in [2.05, 4.69) is 0 Å². The predicted octanol–water partition coefficient (Wildman–Crippen LogP) is 1.47. The molecule has 2 amide bonds. The van der Waals surface area contributed by atoms with Gasteiger partial charge in [-0.25, -0.2) is 0 Å². The van der Waals surface area contributed by atoms with Gasteiger partial charge in [0.1, 0.15) is 5.75 Å². The van der Waals surface area contributed by atoms with Crippen LogP contribution in [0.1, 0.15) is 29.6 Å². The highest BCUT2D eigenvalue weighted by Gasteiger charge is 2.50. The molecule has 1 aromatic rings. The third kappa shape index (κ3) is 3.28. The van der Waals surface area contributed by atoms with E-state index in [1.807, 2.05) is 4.90 Å². The van der Waals surface area contributed by atoms with Crippen LogP contribution in [0.3, 0.4) is 0 Å². The molecule has 0 radical (unpaired) electrons. The highest BCUT2D eigenvalue weighted by molar-refractivity contribution is 5.94. The van der Waals surface area contributed by atoms with E-state index in [9.17, 15) is 14.7 Å². The Morgan fingerprint density at radius 3 is 2.12 bits per heavy atom. The minimum Gasteiger partial charge on any atom is -0.508 e. The fourth-order valence-corrected chi connectivity index (χ4v) is 4.83. The lowest BCUT2D eigenvalue weighted by Crippen LogP contribution is -2.54. The number of nitrogens with zero attached hydrogens (tertiary/aromatic N) is 2. The number of carbonyl (C=O) groups is 2. The second-order valence-electron chi connectivity index (χ2n) is 7.60. The van der Waals surface area contributed by atoms with Crippen molar-refractivity contribution in [3.05, 3.63) is 29.8 Å². The molecule has 1 saturated heterocycles. The summed E-state index contributed by atoms with van der Waals surface area (Å²) in [5, 5.41) is 9.34. The van der Waals surface area contributed by atoms with Crippen LogP contribution >= 0.6 is 12.4 Å². The van der Waals surface area contributed by atoms with Crippen molar-refractivity contribution in [3.63, 3.8) is 0 Å². The highest BCUT2D eigenvalue weighted by atomic mass is 35.5. The minimum absolute atomic E-state index is 0. The van der Waals surface area contributed by atoms with Crippen molar-refractivity contribution < 1.29 is 14.7 Å². The van der Waals surface area contributed by atoms with Crippen LogP contribution in [0.5, 0.6) is 5.75 Å². The average Bonchev–Trinajstić information content (AvgIpc) is 3.22. The van der Waals surface area contributed by atoms with Crippen molar-refractivity contribution in [1.82, 2.24) is 9.80 Å². The van der Waals surface area contributed by atoms with Gasteiger partial charge < -0.3 is 20.6 Å². The zero-order valence-electron chi connectivity index (χ0n) is 14.7. The summed E-state index contributed by atoms with van der Waals surface area (Å²) in [6.07, 6.45) is 3.41. The van der Waals surface area contributed by atoms with Crippen LogP contribution in [0.25, 0.3) is 0 Å². The number of halogens is 1. The summed E-state index contributed by atoms with van der Waals surface area (Å²) in [5.41, 5.74) is 6.87. The van der Waals surface area contributed by atoms with Gasteiger partial charge in [-0.3, -0.25) is 9.59 Å². The van der Waals surface area contributed by atoms with E-state index in [0.717, 1.165) is 12.8 Å². The average molecular weight is 380 g/mol. The van der Waals surface area contributed by atoms with E-state index < -0.39 is 0 Å². The molecule has 1 heterocycles. The van der Waals surface area contributed by atoms with Gasteiger partial charge in [0.05, 0.1) is 5.92 Å². The molecule has 3 fully saturated rings. The van der Waals surface area contributed by atoms with Gasteiger partial charge in [-0.2, -0.15) is 0 Å². The number of fused-ring (bicyclic) bond motifs is 2. The Morgan fingerprint density at radius 1 is 0.962 bits per heavy atom. The number of phenolic OH excluding ortho intramolecular Hbond substituents is 1. The summed E-state index contributed by atoms with van der Waals surface area (Å²) in [6, 6.07) is 6.31. The molecule has 1 aromatic carbocycles. The molecule has 142 valence electrons. The van der Waals surface area contributed by atoms with Crippen molar-refractivity contribution in [2.45, 2.75) is 25.3 Å².